The topological polar surface area (TPSA) is 122 Å². The summed E-state index contributed by atoms with van der Waals surface area (Å²) in [6.07, 6.45) is 5.70. The Morgan fingerprint density at radius 3 is 2.64 bits per heavy atom. The molecule has 1 saturated heterocycles. The Hall–Kier alpha value is -4.41. The van der Waals surface area contributed by atoms with Crippen molar-refractivity contribution in [3.8, 4) is 11.4 Å². The van der Waals surface area contributed by atoms with E-state index in [1.807, 2.05) is 35.0 Å². The normalized spacial score (nSPS) is 13.8. The third-order valence-corrected chi connectivity index (χ3v) is 5.55. The number of hydrogen-bond acceptors (Lipinski definition) is 8. The van der Waals surface area contributed by atoms with Crippen LogP contribution in [0.15, 0.2) is 55.1 Å². The Labute approximate surface area is 189 Å². The number of rotatable bonds is 5. The van der Waals surface area contributed by atoms with E-state index in [0.29, 0.717) is 43.6 Å². The zero-order valence-corrected chi connectivity index (χ0v) is 17.9. The molecule has 1 aliphatic heterocycles. The Morgan fingerprint density at radius 1 is 1.06 bits per heavy atom. The van der Waals surface area contributed by atoms with E-state index in [9.17, 15) is 9.90 Å². The van der Waals surface area contributed by atoms with Crippen molar-refractivity contribution >= 4 is 34.4 Å². The van der Waals surface area contributed by atoms with Crippen LogP contribution >= 0.6 is 0 Å². The number of amides is 1. The molecule has 0 spiro atoms. The predicted molar refractivity (Wildman–Crippen MR) is 123 cm³/mol. The van der Waals surface area contributed by atoms with E-state index in [2.05, 4.69) is 25.2 Å². The lowest BCUT2D eigenvalue weighted by Crippen LogP contribution is -2.48. The molecule has 1 fully saturated rings. The Kier molecular flexibility index (Phi) is 5.35. The molecule has 0 unspecified atom stereocenters. The lowest BCUT2D eigenvalue weighted by molar-refractivity contribution is 0.142. The molecular weight excluding hydrogens is 424 g/mol. The molecule has 11 nitrogen and oxygen atoms in total. The number of hydrogen-bond donors (Lipinski definition) is 2. The summed E-state index contributed by atoms with van der Waals surface area (Å²) in [5, 5.41) is 18.1. The monoisotopic (exact) mass is 446 g/mol. The lowest BCUT2D eigenvalue weighted by atomic mass is 10.2. The van der Waals surface area contributed by atoms with Gasteiger partial charge in [0.15, 0.2) is 5.82 Å². The number of fused-ring (bicyclic) bond motifs is 1. The van der Waals surface area contributed by atoms with Crippen molar-refractivity contribution in [2.75, 3.05) is 43.5 Å². The molecule has 11 heteroatoms. The van der Waals surface area contributed by atoms with Crippen molar-refractivity contribution in [3.05, 3.63) is 55.1 Å². The first-order valence-electron chi connectivity index (χ1n) is 10.4. The van der Waals surface area contributed by atoms with Gasteiger partial charge in [0.1, 0.15) is 17.4 Å². The summed E-state index contributed by atoms with van der Waals surface area (Å²) in [4.78, 5) is 27.6. The van der Waals surface area contributed by atoms with Gasteiger partial charge in [-0.05, 0) is 18.2 Å². The van der Waals surface area contributed by atoms with Crippen molar-refractivity contribution in [3.63, 3.8) is 0 Å². The van der Waals surface area contributed by atoms with Crippen molar-refractivity contribution in [1.29, 1.82) is 0 Å². The van der Waals surface area contributed by atoms with E-state index in [4.69, 9.17) is 9.84 Å². The Morgan fingerprint density at radius 2 is 1.91 bits per heavy atom. The molecular formula is C22H22N8O3. The highest BCUT2D eigenvalue weighted by molar-refractivity contribution is 5.93. The van der Waals surface area contributed by atoms with Crippen LogP contribution in [0.2, 0.25) is 0 Å². The number of anilines is 3. The third-order valence-electron chi connectivity index (χ3n) is 5.55. The fourth-order valence-electron chi connectivity index (χ4n) is 3.83. The number of aromatic nitrogens is 5. The predicted octanol–water partition coefficient (Wildman–Crippen LogP) is 2.76. The summed E-state index contributed by atoms with van der Waals surface area (Å²) in [5.41, 5.74) is 1.68. The van der Waals surface area contributed by atoms with E-state index in [0.717, 1.165) is 22.4 Å². The molecule has 0 aliphatic carbocycles. The fraction of sp³-hybridized carbons (Fsp3) is 0.227. The van der Waals surface area contributed by atoms with Crippen LogP contribution in [0.5, 0.6) is 5.75 Å². The minimum absolute atomic E-state index is 0.440. The zero-order valence-electron chi connectivity index (χ0n) is 17.9. The average molecular weight is 446 g/mol. The summed E-state index contributed by atoms with van der Waals surface area (Å²) in [5.74, 6) is 2.72. The molecule has 0 radical (unpaired) electrons. The van der Waals surface area contributed by atoms with Crippen LogP contribution in [0.3, 0.4) is 0 Å². The van der Waals surface area contributed by atoms with Gasteiger partial charge < -0.3 is 25.0 Å². The molecule has 4 heterocycles. The van der Waals surface area contributed by atoms with E-state index < -0.39 is 6.09 Å². The van der Waals surface area contributed by atoms with Gasteiger partial charge in [-0.15, -0.1) is 5.10 Å². The first kappa shape index (κ1) is 20.5. The molecule has 1 aromatic carbocycles. The van der Waals surface area contributed by atoms with Gasteiger partial charge in [-0.2, -0.15) is 0 Å². The number of methoxy groups -OCH3 is 1. The second kappa shape index (κ2) is 8.61. The molecule has 0 saturated carbocycles. The van der Waals surface area contributed by atoms with E-state index in [1.165, 1.54) is 4.90 Å². The largest absolute Gasteiger partial charge is 0.497 e. The van der Waals surface area contributed by atoms with Crippen molar-refractivity contribution in [1.82, 2.24) is 29.6 Å². The van der Waals surface area contributed by atoms with Gasteiger partial charge in [-0.25, -0.2) is 19.4 Å². The number of nitrogens with zero attached hydrogens (tertiary/aromatic N) is 7. The van der Waals surface area contributed by atoms with Crippen LogP contribution in [0.25, 0.3) is 16.6 Å². The molecule has 1 aliphatic rings. The minimum atomic E-state index is -0.892. The number of piperazine rings is 1. The van der Waals surface area contributed by atoms with Crippen molar-refractivity contribution < 1.29 is 14.6 Å². The number of benzene rings is 1. The van der Waals surface area contributed by atoms with Gasteiger partial charge >= 0.3 is 6.09 Å². The molecule has 33 heavy (non-hydrogen) atoms. The number of carbonyl (C=O) groups is 1. The van der Waals surface area contributed by atoms with E-state index in [1.54, 1.807) is 31.9 Å². The van der Waals surface area contributed by atoms with Gasteiger partial charge in [0, 0.05) is 62.3 Å². The van der Waals surface area contributed by atoms with Gasteiger partial charge in [0.05, 0.1) is 24.5 Å². The maximum atomic E-state index is 11.2. The van der Waals surface area contributed by atoms with Crippen LogP contribution in [0.1, 0.15) is 0 Å². The maximum absolute atomic E-state index is 11.2. The van der Waals surface area contributed by atoms with Crippen LogP contribution in [-0.4, -0.2) is 74.1 Å². The van der Waals surface area contributed by atoms with Gasteiger partial charge in [0.25, 0.3) is 0 Å². The molecule has 5 rings (SSSR count). The Balaban J connectivity index is 1.51. The lowest BCUT2D eigenvalue weighted by Gasteiger charge is -2.33. The highest BCUT2D eigenvalue weighted by Gasteiger charge is 2.22. The Bertz CT molecular complexity index is 1290. The first-order valence-corrected chi connectivity index (χ1v) is 10.4. The highest BCUT2D eigenvalue weighted by Crippen LogP contribution is 2.31. The van der Waals surface area contributed by atoms with Crippen LogP contribution in [0.4, 0.5) is 22.2 Å². The molecule has 168 valence electrons. The zero-order chi connectivity index (χ0) is 22.8. The van der Waals surface area contributed by atoms with Gasteiger partial charge in [0.2, 0.25) is 0 Å². The maximum Gasteiger partial charge on any atom is 0.407 e. The van der Waals surface area contributed by atoms with Crippen LogP contribution < -0.4 is 15.0 Å². The smallest absolute Gasteiger partial charge is 0.407 e. The molecule has 0 bridgehead atoms. The SMILES string of the molecule is COc1ccc2c(Nc3cnccn3)nn(-c3ccnc(N4CCN(C(=O)O)CC4)c3)c2c1. The number of pyridine rings is 1. The summed E-state index contributed by atoms with van der Waals surface area (Å²) in [7, 11) is 1.63. The second-order valence-electron chi connectivity index (χ2n) is 7.49. The minimum Gasteiger partial charge on any atom is -0.497 e. The quantitative estimate of drug-likeness (QED) is 0.476. The average Bonchev–Trinajstić information content (AvgIpc) is 3.22. The molecule has 1 amide bonds. The van der Waals surface area contributed by atoms with Gasteiger partial charge in [-0.3, -0.25) is 4.98 Å². The summed E-state index contributed by atoms with van der Waals surface area (Å²) in [6.45, 7) is 2.04. The number of nitrogens with one attached hydrogen (secondary N) is 1. The summed E-state index contributed by atoms with van der Waals surface area (Å²) >= 11 is 0. The fourth-order valence-corrected chi connectivity index (χ4v) is 3.83. The molecule has 0 atom stereocenters. The van der Waals surface area contributed by atoms with Crippen LogP contribution in [0, 0.1) is 0 Å². The molecule has 4 aromatic rings. The molecule has 3 aromatic heterocycles. The van der Waals surface area contributed by atoms with Crippen molar-refractivity contribution in [2.45, 2.75) is 0 Å². The van der Waals surface area contributed by atoms with E-state index >= 15 is 0 Å². The second-order valence-corrected chi connectivity index (χ2v) is 7.49. The third kappa shape index (κ3) is 4.07. The number of ether oxygens (including phenoxy) is 1. The summed E-state index contributed by atoms with van der Waals surface area (Å²) in [6, 6.07) is 9.60. The summed E-state index contributed by atoms with van der Waals surface area (Å²) < 4.78 is 7.26. The van der Waals surface area contributed by atoms with Crippen molar-refractivity contribution in [2.24, 2.45) is 0 Å². The molecule has 2 N–H and O–H groups in total. The number of carboxylic acid groups (broad SMARTS) is 1. The first-order chi connectivity index (χ1) is 16.1. The highest BCUT2D eigenvalue weighted by atomic mass is 16.5. The van der Waals surface area contributed by atoms with Gasteiger partial charge in [-0.1, -0.05) is 0 Å². The standard InChI is InChI=1S/C22H22N8O3/c1-33-16-2-3-17-18(13-16)30(27-21(17)26-19-14-23-6-7-24-19)15-4-5-25-20(12-15)28-8-10-29(11-9-28)22(31)32/h2-7,12-14H,8-11H2,1H3,(H,31,32)(H,24,26,27). The van der Waals surface area contributed by atoms with E-state index in [-0.39, 0.29) is 0 Å². The van der Waals surface area contributed by atoms with Crippen LogP contribution in [-0.2, 0) is 0 Å².